The van der Waals surface area contributed by atoms with E-state index in [0.717, 1.165) is 35.1 Å². The third-order valence-electron chi connectivity index (χ3n) is 6.87. The van der Waals surface area contributed by atoms with Crippen LogP contribution in [0.1, 0.15) is 104 Å². The van der Waals surface area contributed by atoms with Crippen molar-refractivity contribution < 1.29 is 73.4 Å². The molecule has 0 unspecified atom stereocenters. The molecular weight excluding hydrogens is 782 g/mol. The van der Waals surface area contributed by atoms with Crippen LogP contribution in [0.15, 0.2) is 91.0 Å². The van der Waals surface area contributed by atoms with Crippen LogP contribution in [0.2, 0.25) is 0 Å². The first kappa shape index (κ1) is 54.0. The van der Waals surface area contributed by atoms with E-state index in [0.29, 0.717) is 29.5 Å². The van der Waals surface area contributed by atoms with Gasteiger partial charge < -0.3 is 45.1 Å². The minimum absolute atomic E-state index is 0.00694. The van der Waals surface area contributed by atoms with Crippen LogP contribution in [0, 0.1) is 20.8 Å². The molecule has 0 aliphatic heterocycles. The summed E-state index contributed by atoms with van der Waals surface area (Å²) in [6.45, 7) is 11.2. The minimum atomic E-state index is -3.68. The van der Waals surface area contributed by atoms with E-state index >= 15 is 0 Å². The van der Waals surface area contributed by atoms with Gasteiger partial charge in [0, 0.05) is 12.3 Å². The fourth-order valence-electron chi connectivity index (χ4n) is 3.84. The van der Waals surface area contributed by atoms with Gasteiger partial charge in [-0.25, -0.2) is 19.2 Å². The maximum Gasteiger partial charge on any atom is 0.339 e. The Morgan fingerprint density at radius 3 is 1.25 bits per heavy atom. The molecule has 17 heteroatoms. The van der Waals surface area contributed by atoms with E-state index in [2.05, 4.69) is 0 Å². The summed E-state index contributed by atoms with van der Waals surface area (Å²) in [5, 5.41) is 43.1. The lowest BCUT2D eigenvalue weighted by Crippen LogP contribution is -1.96. The van der Waals surface area contributed by atoms with Gasteiger partial charge in [-0.1, -0.05) is 80.8 Å². The average molecular weight is 837 g/mol. The number of aromatic carboxylic acids is 4. The molecule has 4 rings (SSSR count). The number of carboxylic acid groups (broad SMARTS) is 4. The van der Waals surface area contributed by atoms with Crippen LogP contribution in [0.25, 0.3) is 0 Å². The molecule has 0 saturated carbocycles. The smallest absolute Gasteiger partial charge is 0.339 e. The summed E-state index contributed by atoms with van der Waals surface area (Å²) < 4.78 is 20.0. The molecule has 0 heterocycles. The van der Waals surface area contributed by atoms with E-state index in [1.807, 2.05) is 45.9 Å². The van der Waals surface area contributed by atoms with Crippen LogP contribution in [0.4, 0.5) is 0 Å². The molecule has 4 aromatic carbocycles. The highest BCUT2D eigenvalue weighted by atomic mass is 31.2. The Balaban J connectivity index is 0. The Labute approximate surface area is 332 Å². The third-order valence-corrected chi connectivity index (χ3v) is 8.80. The van der Waals surface area contributed by atoms with Gasteiger partial charge in [0.05, 0.1) is 16.7 Å². The lowest BCUT2D eigenvalue weighted by Gasteiger charge is -1.98. The number of unbranched alkanes of at least 4 members (excludes halogenated alkanes) is 1. The quantitative estimate of drug-likeness (QED) is 0.0679. The summed E-state index contributed by atoms with van der Waals surface area (Å²) in [5.41, 5.74) is 5.02. The maximum absolute atomic E-state index is 10.4. The second kappa shape index (κ2) is 28.3. The summed E-state index contributed by atoms with van der Waals surface area (Å²) in [6.07, 6.45) is 2.98. The van der Waals surface area contributed by atoms with Crippen molar-refractivity contribution in [1.82, 2.24) is 0 Å². The second-order valence-corrected chi connectivity index (χ2v) is 15.7. The number of benzene rings is 4. The van der Waals surface area contributed by atoms with Crippen LogP contribution in [0.3, 0.4) is 0 Å². The Bertz CT molecular complexity index is 1910. The summed E-state index contributed by atoms with van der Waals surface area (Å²) in [5.74, 6) is -3.91. The first-order valence-corrected chi connectivity index (χ1v) is 21.0. The van der Waals surface area contributed by atoms with Crippen LogP contribution in [0.5, 0.6) is 5.75 Å². The Kier molecular flexibility index (Phi) is 26.8. The SMILES string of the molecule is CCCCP(=O)(O)O.CCCP(=O)(O)O.CCc1ccc(C(=O)O)cc1.Cc1ccc(C(=O)O)c(O)c1.Cc1ccc(C(=O)O)cc1.Cc1cccc(C(=O)O)c1. The summed E-state index contributed by atoms with van der Waals surface area (Å²) in [4.78, 5) is 74.2. The van der Waals surface area contributed by atoms with E-state index in [-0.39, 0.29) is 23.6 Å². The molecule has 0 saturated heterocycles. The van der Waals surface area contributed by atoms with Crippen LogP contribution >= 0.6 is 15.2 Å². The number of aromatic hydroxyl groups is 1. The van der Waals surface area contributed by atoms with Gasteiger partial charge in [0.25, 0.3) is 0 Å². The molecule has 15 nitrogen and oxygen atoms in total. The topological polar surface area (TPSA) is 284 Å². The van der Waals surface area contributed by atoms with Crippen molar-refractivity contribution in [1.29, 1.82) is 0 Å². The molecule has 0 aliphatic carbocycles. The molecule has 0 fully saturated rings. The number of hydrogen-bond acceptors (Lipinski definition) is 7. The van der Waals surface area contributed by atoms with Crippen molar-refractivity contribution in [3.63, 3.8) is 0 Å². The standard InChI is InChI=1S/C9H10O2.C8H8O3.2C8H8O2.C4H11O3P.C3H9O3P/c1-2-7-3-5-8(6-4-7)9(10)11;1-5-2-3-6(8(10)11)7(9)4-5;1-6-2-4-7(5-3-6)8(9)10;1-6-3-2-4-7(5-6)8(9)10;1-2-3-4-8(5,6)7;1-2-3-7(4,5)6/h3-6H,2H2,1H3,(H,10,11);2-4,9H,1H3,(H,10,11);2*2-5H,1H3,(H,9,10);2-4H2,1H3,(H2,5,6,7);2-3H2,1H3,(H2,4,5,6). The summed E-state index contributed by atoms with van der Waals surface area (Å²) >= 11 is 0. The number of carboxylic acids is 4. The fraction of sp³-hybridized carbons (Fsp3) is 0.300. The van der Waals surface area contributed by atoms with Gasteiger partial charge in [0.2, 0.25) is 0 Å². The number of hydrogen-bond donors (Lipinski definition) is 9. The molecule has 0 radical (unpaired) electrons. The van der Waals surface area contributed by atoms with E-state index in [1.54, 1.807) is 74.5 Å². The van der Waals surface area contributed by atoms with Gasteiger partial charge in [-0.3, -0.25) is 9.13 Å². The van der Waals surface area contributed by atoms with Gasteiger partial charge in [0.1, 0.15) is 11.3 Å². The molecule has 0 atom stereocenters. The Morgan fingerprint density at radius 1 is 0.509 bits per heavy atom. The van der Waals surface area contributed by atoms with Gasteiger partial charge in [-0.05, 0) is 99.7 Å². The van der Waals surface area contributed by atoms with E-state index in [4.69, 9.17) is 45.1 Å². The molecule has 0 amide bonds. The van der Waals surface area contributed by atoms with Gasteiger partial charge >= 0.3 is 39.1 Å². The average Bonchev–Trinajstić information content (AvgIpc) is 3.11. The first-order chi connectivity index (χ1) is 26.4. The van der Waals surface area contributed by atoms with Crippen molar-refractivity contribution in [3.05, 3.63) is 136 Å². The van der Waals surface area contributed by atoms with Crippen molar-refractivity contribution >= 4 is 39.1 Å². The largest absolute Gasteiger partial charge is 0.507 e. The molecule has 57 heavy (non-hydrogen) atoms. The number of phenols is 1. The lowest BCUT2D eigenvalue weighted by molar-refractivity contribution is 0.0683. The maximum atomic E-state index is 10.4. The van der Waals surface area contributed by atoms with Gasteiger partial charge in [-0.2, -0.15) is 0 Å². The zero-order chi connectivity index (χ0) is 44.4. The predicted molar refractivity (Wildman–Crippen MR) is 218 cm³/mol. The summed E-state index contributed by atoms with van der Waals surface area (Å²) in [6, 6.07) is 24.9. The van der Waals surface area contributed by atoms with Crippen molar-refractivity contribution in [3.8, 4) is 5.75 Å². The van der Waals surface area contributed by atoms with Crippen molar-refractivity contribution in [2.45, 2.75) is 67.2 Å². The molecular formula is C40H54O15P2. The van der Waals surface area contributed by atoms with Crippen LogP contribution in [-0.4, -0.2) is 81.3 Å². The molecule has 0 aromatic heterocycles. The van der Waals surface area contributed by atoms with Crippen molar-refractivity contribution in [2.75, 3.05) is 12.3 Å². The molecule has 9 N–H and O–H groups in total. The zero-order valence-electron chi connectivity index (χ0n) is 32.8. The molecule has 314 valence electrons. The van der Waals surface area contributed by atoms with Crippen molar-refractivity contribution in [2.24, 2.45) is 0 Å². The Hall–Kier alpha value is -5.14. The molecule has 0 aliphatic rings. The third kappa shape index (κ3) is 28.9. The molecule has 0 spiro atoms. The molecule has 0 bridgehead atoms. The minimum Gasteiger partial charge on any atom is -0.507 e. The lowest BCUT2D eigenvalue weighted by atomic mass is 10.1. The molecule has 4 aromatic rings. The highest BCUT2D eigenvalue weighted by Crippen LogP contribution is 2.35. The number of rotatable bonds is 10. The van der Waals surface area contributed by atoms with Gasteiger partial charge in [0.15, 0.2) is 0 Å². The zero-order valence-corrected chi connectivity index (χ0v) is 34.6. The monoisotopic (exact) mass is 836 g/mol. The normalized spacial score (nSPS) is 10.1. The summed E-state index contributed by atoms with van der Waals surface area (Å²) in [7, 11) is -7.35. The number of carbonyl (C=O) groups is 4. The van der Waals surface area contributed by atoms with E-state index in [1.165, 1.54) is 12.1 Å². The van der Waals surface area contributed by atoms with E-state index in [9.17, 15) is 28.3 Å². The predicted octanol–water partition coefficient (Wildman–Crippen LogP) is 8.27. The highest BCUT2D eigenvalue weighted by Gasteiger charge is 2.10. The Morgan fingerprint density at radius 2 is 0.947 bits per heavy atom. The second-order valence-electron chi connectivity index (χ2n) is 12.2. The highest BCUT2D eigenvalue weighted by molar-refractivity contribution is 7.52. The first-order valence-electron chi connectivity index (χ1n) is 17.4. The number of aryl methyl sites for hydroxylation is 4. The van der Waals surface area contributed by atoms with Crippen LogP contribution in [-0.2, 0) is 15.6 Å². The van der Waals surface area contributed by atoms with Crippen LogP contribution < -0.4 is 0 Å². The van der Waals surface area contributed by atoms with E-state index < -0.39 is 39.1 Å². The fourth-order valence-corrected chi connectivity index (χ4v) is 5.15. The van der Waals surface area contributed by atoms with Gasteiger partial charge in [-0.15, -0.1) is 0 Å².